The molecule has 10 nitrogen and oxygen atoms in total. The van der Waals surface area contributed by atoms with Crippen LogP contribution < -0.4 is 10.2 Å². The van der Waals surface area contributed by atoms with E-state index in [0.29, 0.717) is 11.3 Å². The van der Waals surface area contributed by atoms with E-state index in [-0.39, 0.29) is 11.4 Å². The van der Waals surface area contributed by atoms with Crippen molar-refractivity contribution in [1.82, 2.24) is 5.43 Å². The monoisotopic (exact) mass is 358 g/mol. The van der Waals surface area contributed by atoms with E-state index in [4.69, 9.17) is 4.74 Å². The molecule has 0 heterocycles. The third-order valence-electron chi connectivity index (χ3n) is 3.20. The summed E-state index contributed by atoms with van der Waals surface area (Å²) in [5.74, 6) is -0.258. The molecule has 2 rings (SSSR count). The number of ether oxygens (including phenoxy) is 1. The van der Waals surface area contributed by atoms with Crippen LogP contribution in [0.2, 0.25) is 0 Å². The first-order valence-corrected chi connectivity index (χ1v) is 7.35. The first-order chi connectivity index (χ1) is 12.4. The molecule has 26 heavy (non-hydrogen) atoms. The lowest BCUT2D eigenvalue weighted by molar-refractivity contribution is -0.385. The minimum absolute atomic E-state index is 0.0870. The molecule has 134 valence electrons. The van der Waals surface area contributed by atoms with Gasteiger partial charge in [-0.15, -0.1) is 0 Å². The van der Waals surface area contributed by atoms with Crippen LogP contribution in [0.25, 0.3) is 0 Å². The normalized spacial score (nSPS) is 11.7. The number of carbonyl (C=O) groups excluding carboxylic acids is 1. The van der Waals surface area contributed by atoms with Crippen LogP contribution >= 0.6 is 0 Å². The molecule has 0 radical (unpaired) electrons. The van der Waals surface area contributed by atoms with Crippen molar-refractivity contribution in [2.75, 3.05) is 0 Å². The average molecular weight is 358 g/mol. The maximum atomic E-state index is 11.9. The molecule has 0 aliphatic heterocycles. The summed E-state index contributed by atoms with van der Waals surface area (Å²) >= 11 is 0. The SMILES string of the molecule is C[C@H](Oc1ccc([N+](=O)[O-])cc1)C(=O)N/N=C\c1cccc([N+](=O)[O-])c1. The lowest BCUT2D eigenvalue weighted by atomic mass is 10.2. The number of rotatable bonds is 7. The molecule has 0 aliphatic carbocycles. The van der Waals surface area contributed by atoms with Gasteiger partial charge in [-0.25, -0.2) is 5.43 Å². The fourth-order valence-electron chi connectivity index (χ4n) is 1.88. The standard InChI is InChI=1S/C16H14N4O6/c1-11(26-15-7-5-13(6-8-15)19(22)23)16(21)18-17-10-12-3-2-4-14(9-12)20(24)25/h2-11H,1H3,(H,18,21)/b17-10-/t11-/m0/s1. The molecule has 0 spiro atoms. The molecule has 0 unspecified atom stereocenters. The summed E-state index contributed by atoms with van der Waals surface area (Å²) in [6, 6.07) is 11.0. The predicted molar refractivity (Wildman–Crippen MR) is 92.0 cm³/mol. The molecule has 0 bridgehead atoms. The third kappa shape index (κ3) is 5.09. The minimum Gasteiger partial charge on any atom is -0.481 e. The number of hydrogen-bond donors (Lipinski definition) is 1. The maximum absolute atomic E-state index is 11.9. The van der Waals surface area contributed by atoms with Crippen molar-refractivity contribution in [3.05, 3.63) is 74.3 Å². The Bertz CT molecular complexity index is 850. The summed E-state index contributed by atoms with van der Waals surface area (Å²) in [5.41, 5.74) is 2.53. The summed E-state index contributed by atoms with van der Waals surface area (Å²) < 4.78 is 5.37. The van der Waals surface area contributed by atoms with Crippen LogP contribution in [0.3, 0.4) is 0 Å². The molecule has 0 fully saturated rings. The van der Waals surface area contributed by atoms with E-state index in [1.54, 1.807) is 6.07 Å². The van der Waals surface area contributed by atoms with Gasteiger partial charge in [-0.3, -0.25) is 25.0 Å². The Morgan fingerprint density at radius 1 is 1.12 bits per heavy atom. The van der Waals surface area contributed by atoms with Crippen molar-refractivity contribution >= 4 is 23.5 Å². The largest absolute Gasteiger partial charge is 0.481 e. The molecule has 1 N–H and O–H groups in total. The average Bonchev–Trinajstić information content (AvgIpc) is 2.62. The van der Waals surface area contributed by atoms with Crippen LogP contribution in [0.4, 0.5) is 11.4 Å². The first kappa shape index (κ1) is 18.5. The summed E-state index contributed by atoms with van der Waals surface area (Å²) in [4.78, 5) is 32.1. The van der Waals surface area contributed by atoms with Gasteiger partial charge in [0.25, 0.3) is 17.3 Å². The van der Waals surface area contributed by atoms with Gasteiger partial charge in [0.1, 0.15) is 5.75 Å². The molecular weight excluding hydrogens is 344 g/mol. The fraction of sp³-hybridized carbons (Fsp3) is 0.125. The molecular formula is C16H14N4O6. The Morgan fingerprint density at radius 3 is 2.38 bits per heavy atom. The second-order valence-corrected chi connectivity index (χ2v) is 5.10. The number of carbonyl (C=O) groups is 1. The van der Waals surface area contributed by atoms with Crippen LogP contribution in [-0.4, -0.2) is 28.1 Å². The summed E-state index contributed by atoms with van der Waals surface area (Å²) in [6.07, 6.45) is 0.363. The molecule has 2 aromatic carbocycles. The zero-order valence-electron chi connectivity index (χ0n) is 13.6. The molecule has 1 amide bonds. The Morgan fingerprint density at radius 2 is 1.77 bits per heavy atom. The lowest BCUT2D eigenvalue weighted by Gasteiger charge is -2.12. The number of amides is 1. The van der Waals surface area contributed by atoms with Gasteiger partial charge >= 0.3 is 0 Å². The lowest BCUT2D eigenvalue weighted by Crippen LogP contribution is -2.33. The van der Waals surface area contributed by atoms with Crippen molar-refractivity contribution in [2.45, 2.75) is 13.0 Å². The van der Waals surface area contributed by atoms with Crippen molar-refractivity contribution in [1.29, 1.82) is 0 Å². The first-order valence-electron chi connectivity index (χ1n) is 7.35. The van der Waals surface area contributed by atoms with Crippen LogP contribution in [0.1, 0.15) is 12.5 Å². The summed E-state index contributed by atoms with van der Waals surface area (Å²) in [5, 5.41) is 25.0. The van der Waals surface area contributed by atoms with Gasteiger partial charge in [0.2, 0.25) is 0 Å². The van der Waals surface area contributed by atoms with E-state index in [9.17, 15) is 25.0 Å². The maximum Gasteiger partial charge on any atom is 0.280 e. The van der Waals surface area contributed by atoms with Gasteiger partial charge in [-0.1, -0.05) is 12.1 Å². The van der Waals surface area contributed by atoms with E-state index in [2.05, 4.69) is 10.5 Å². The molecule has 10 heteroatoms. The predicted octanol–water partition coefficient (Wildman–Crippen LogP) is 2.42. The number of nitro benzene ring substituents is 2. The minimum atomic E-state index is -0.904. The molecule has 0 aromatic heterocycles. The summed E-state index contributed by atoms with van der Waals surface area (Å²) in [6.45, 7) is 1.49. The van der Waals surface area contributed by atoms with Crippen LogP contribution in [-0.2, 0) is 4.79 Å². The number of non-ortho nitro benzene ring substituents is 2. The van der Waals surface area contributed by atoms with Crippen LogP contribution in [0.15, 0.2) is 53.6 Å². The number of nitrogens with one attached hydrogen (secondary N) is 1. The van der Waals surface area contributed by atoms with Gasteiger partial charge in [0.15, 0.2) is 6.10 Å². The Labute approximate surface area is 147 Å². The zero-order valence-corrected chi connectivity index (χ0v) is 13.6. The van der Waals surface area contributed by atoms with Gasteiger partial charge in [0, 0.05) is 29.8 Å². The molecule has 2 aromatic rings. The van der Waals surface area contributed by atoms with E-state index < -0.39 is 21.9 Å². The highest BCUT2D eigenvalue weighted by Crippen LogP contribution is 2.18. The highest BCUT2D eigenvalue weighted by atomic mass is 16.6. The van der Waals surface area contributed by atoms with Crippen molar-refractivity contribution in [3.63, 3.8) is 0 Å². The quantitative estimate of drug-likeness (QED) is 0.458. The van der Waals surface area contributed by atoms with Gasteiger partial charge in [0.05, 0.1) is 16.1 Å². The molecule has 0 aliphatic rings. The van der Waals surface area contributed by atoms with Gasteiger partial charge in [-0.2, -0.15) is 5.10 Å². The number of benzene rings is 2. The molecule has 0 saturated heterocycles. The Balaban J connectivity index is 1.91. The van der Waals surface area contributed by atoms with E-state index in [1.165, 1.54) is 55.6 Å². The van der Waals surface area contributed by atoms with E-state index in [0.717, 1.165) is 0 Å². The number of nitro groups is 2. The highest BCUT2D eigenvalue weighted by molar-refractivity contribution is 5.84. The number of nitrogens with zero attached hydrogens (tertiary/aromatic N) is 3. The van der Waals surface area contributed by atoms with E-state index in [1.807, 2.05) is 0 Å². The van der Waals surface area contributed by atoms with Crippen molar-refractivity contribution in [2.24, 2.45) is 5.10 Å². The van der Waals surface area contributed by atoms with Crippen LogP contribution in [0.5, 0.6) is 5.75 Å². The van der Waals surface area contributed by atoms with Gasteiger partial charge < -0.3 is 4.74 Å². The Hall–Kier alpha value is -3.82. The highest BCUT2D eigenvalue weighted by Gasteiger charge is 2.14. The zero-order chi connectivity index (χ0) is 19.1. The summed E-state index contributed by atoms with van der Waals surface area (Å²) in [7, 11) is 0. The number of hydrazone groups is 1. The van der Waals surface area contributed by atoms with Crippen LogP contribution in [0, 0.1) is 20.2 Å². The smallest absolute Gasteiger partial charge is 0.280 e. The van der Waals surface area contributed by atoms with E-state index >= 15 is 0 Å². The Kier molecular flexibility index (Phi) is 5.93. The number of hydrogen-bond acceptors (Lipinski definition) is 7. The fourth-order valence-corrected chi connectivity index (χ4v) is 1.88. The third-order valence-corrected chi connectivity index (χ3v) is 3.20. The second-order valence-electron chi connectivity index (χ2n) is 5.10. The molecule has 1 atom stereocenters. The van der Waals surface area contributed by atoms with Crippen molar-refractivity contribution in [3.8, 4) is 5.75 Å². The second kappa shape index (κ2) is 8.33. The topological polar surface area (TPSA) is 137 Å². The van der Waals surface area contributed by atoms with Gasteiger partial charge in [-0.05, 0) is 19.1 Å². The van der Waals surface area contributed by atoms with Crippen molar-refractivity contribution < 1.29 is 19.4 Å². The molecule has 0 saturated carbocycles.